The second-order valence-electron chi connectivity index (χ2n) is 3.77. The molecule has 0 atom stereocenters. The molecule has 2 heterocycles. The van der Waals surface area contributed by atoms with Crippen LogP contribution in [0.1, 0.15) is 23.4 Å². The van der Waals surface area contributed by atoms with Gasteiger partial charge in [-0.2, -0.15) is 0 Å². The van der Waals surface area contributed by atoms with Crippen molar-refractivity contribution < 1.29 is 0 Å². The lowest BCUT2D eigenvalue weighted by Crippen LogP contribution is -2.39. The predicted molar refractivity (Wildman–Crippen MR) is 59.6 cm³/mol. The first kappa shape index (κ1) is 10.1. The molecule has 0 spiro atoms. The summed E-state index contributed by atoms with van der Waals surface area (Å²) in [7, 11) is 0. The van der Waals surface area contributed by atoms with Gasteiger partial charge in [-0.05, 0) is 32.9 Å². The van der Waals surface area contributed by atoms with Gasteiger partial charge in [-0.1, -0.05) is 0 Å². The van der Waals surface area contributed by atoms with Gasteiger partial charge < -0.3 is 10.6 Å². The fourth-order valence-corrected chi connectivity index (χ4v) is 2.49. The average Bonchev–Trinajstić information content (AvgIpc) is 2.63. The molecule has 2 N–H and O–H groups in total. The molecular weight excluding hydrogens is 194 g/mol. The fourth-order valence-electron chi connectivity index (χ4n) is 1.76. The van der Waals surface area contributed by atoms with Gasteiger partial charge in [0.2, 0.25) is 0 Å². The van der Waals surface area contributed by atoms with Gasteiger partial charge in [0, 0.05) is 17.5 Å². The maximum atomic E-state index is 4.25. The summed E-state index contributed by atoms with van der Waals surface area (Å²) in [5.74, 6) is 0. The number of nitrogens with one attached hydrogen (secondary N) is 2. The number of nitrogens with zero attached hydrogens (tertiary/aromatic N) is 1. The molecule has 3 nitrogen and oxygen atoms in total. The van der Waals surface area contributed by atoms with E-state index >= 15 is 0 Å². The molecule has 78 valence electrons. The molecule has 2 rings (SSSR count). The molecule has 14 heavy (non-hydrogen) atoms. The SMILES string of the molecule is Cc1ncsc1CNC1CCNCC1. The number of rotatable bonds is 3. The first-order valence-corrected chi connectivity index (χ1v) is 6.07. The van der Waals surface area contributed by atoms with Gasteiger partial charge in [0.1, 0.15) is 0 Å². The van der Waals surface area contributed by atoms with Crippen LogP contribution in [0.15, 0.2) is 5.51 Å². The lowest BCUT2D eigenvalue weighted by molar-refractivity contribution is 0.387. The Hall–Kier alpha value is -0.450. The summed E-state index contributed by atoms with van der Waals surface area (Å²) in [5, 5.41) is 6.96. The van der Waals surface area contributed by atoms with Crippen molar-refractivity contribution in [2.75, 3.05) is 13.1 Å². The van der Waals surface area contributed by atoms with Gasteiger partial charge in [0.15, 0.2) is 0 Å². The summed E-state index contributed by atoms with van der Waals surface area (Å²) in [6.45, 7) is 5.37. The normalized spacial score (nSPS) is 18.6. The summed E-state index contributed by atoms with van der Waals surface area (Å²) < 4.78 is 0. The van der Waals surface area contributed by atoms with Crippen LogP contribution in [0.3, 0.4) is 0 Å². The van der Waals surface area contributed by atoms with Crippen LogP contribution in [0, 0.1) is 6.92 Å². The first-order valence-electron chi connectivity index (χ1n) is 5.19. The molecule has 0 aromatic carbocycles. The van der Waals surface area contributed by atoms with Crippen LogP contribution >= 0.6 is 11.3 Å². The van der Waals surface area contributed by atoms with Crippen LogP contribution in [0.5, 0.6) is 0 Å². The van der Waals surface area contributed by atoms with E-state index in [4.69, 9.17) is 0 Å². The summed E-state index contributed by atoms with van der Waals surface area (Å²) in [6, 6.07) is 0.692. The highest BCUT2D eigenvalue weighted by Crippen LogP contribution is 2.12. The number of piperidine rings is 1. The van der Waals surface area contributed by atoms with E-state index in [-0.39, 0.29) is 0 Å². The van der Waals surface area contributed by atoms with Crippen LogP contribution in [-0.4, -0.2) is 24.1 Å². The zero-order valence-corrected chi connectivity index (χ0v) is 9.36. The minimum Gasteiger partial charge on any atom is -0.317 e. The quantitative estimate of drug-likeness (QED) is 0.791. The number of aromatic nitrogens is 1. The summed E-state index contributed by atoms with van der Waals surface area (Å²) in [6.07, 6.45) is 2.50. The van der Waals surface area contributed by atoms with Crippen molar-refractivity contribution in [2.24, 2.45) is 0 Å². The number of hydrogen-bond donors (Lipinski definition) is 2. The molecule has 4 heteroatoms. The molecule has 0 aliphatic carbocycles. The molecule has 1 aromatic heterocycles. The van der Waals surface area contributed by atoms with Crippen LogP contribution < -0.4 is 10.6 Å². The van der Waals surface area contributed by atoms with Crippen LogP contribution in [-0.2, 0) is 6.54 Å². The third kappa shape index (κ3) is 2.53. The smallest absolute Gasteiger partial charge is 0.0798 e. The molecule has 1 aromatic rings. The van der Waals surface area contributed by atoms with Gasteiger partial charge in [-0.15, -0.1) is 11.3 Å². The second-order valence-corrected chi connectivity index (χ2v) is 4.71. The van der Waals surface area contributed by atoms with E-state index in [2.05, 4.69) is 22.5 Å². The standard InChI is InChI=1S/C10H17N3S/c1-8-10(14-7-13-8)6-12-9-2-4-11-5-3-9/h7,9,11-12H,2-6H2,1H3. The molecular formula is C10H17N3S. The van der Waals surface area contributed by atoms with Gasteiger partial charge in [-0.25, -0.2) is 4.98 Å². The minimum atomic E-state index is 0.692. The van der Waals surface area contributed by atoms with Crippen molar-refractivity contribution in [3.63, 3.8) is 0 Å². The van der Waals surface area contributed by atoms with Crippen LogP contribution in [0.4, 0.5) is 0 Å². The van der Waals surface area contributed by atoms with E-state index in [9.17, 15) is 0 Å². The molecule has 1 fully saturated rings. The van der Waals surface area contributed by atoms with E-state index in [1.54, 1.807) is 11.3 Å². The Morgan fingerprint density at radius 1 is 1.57 bits per heavy atom. The topological polar surface area (TPSA) is 37.0 Å². The van der Waals surface area contributed by atoms with Crippen molar-refractivity contribution in [1.82, 2.24) is 15.6 Å². The monoisotopic (exact) mass is 211 g/mol. The largest absolute Gasteiger partial charge is 0.317 e. The Bertz CT molecular complexity index is 279. The van der Waals surface area contributed by atoms with Crippen LogP contribution in [0.2, 0.25) is 0 Å². The van der Waals surface area contributed by atoms with E-state index in [0.717, 1.165) is 19.6 Å². The van der Waals surface area contributed by atoms with Gasteiger partial charge in [-0.3, -0.25) is 0 Å². The lowest BCUT2D eigenvalue weighted by Gasteiger charge is -2.23. The average molecular weight is 211 g/mol. The van der Waals surface area contributed by atoms with E-state index in [1.807, 2.05) is 5.51 Å². The van der Waals surface area contributed by atoms with Crippen molar-refractivity contribution in [1.29, 1.82) is 0 Å². The second kappa shape index (κ2) is 4.87. The summed E-state index contributed by atoms with van der Waals surface area (Å²) in [5.41, 5.74) is 3.10. The number of hydrogen-bond acceptors (Lipinski definition) is 4. The maximum Gasteiger partial charge on any atom is 0.0798 e. The molecule has 0 bridgehead atoms. The van der Waals surface area contributed by atoms with Crippen LogP contribution in [0.25, 0.3) is 0 Å². The minimum absolute atomic E-state index is 0.692. The van der Waals surface area contributed by atoms with Crippen molar-refractivity contribution in [2.45, 2.75) is 32.4 Å². The molecule has 0 saturated carbocycles. The molecule has 1 aliphatic rings. The third-order valence-electron chi connectivity index (χ3n) is 2.74. The van der Waals surface area contributed by atoms with E-state index in [0.29, 0.717) is 6.04 Å². The number of thiazole rings is 1. The molecule has 0 unspecified atom stereocenters. The third-order valence-corrected chi connectivity index (χ3v) is 3.67. The zero-order valence-electron chi connectivity index (χ0n) is 8.55. The Labute approximate surface area is 88.9 Å². The predicted octanol–water partition coefficient (Wildman–Crippen LogP) is 1.29. The fraction of sp³-hybridized carbons (Fsp3) is 0.700. The lowest BCUT2D eigenvalue weighted by atomic mass is 10.1. The maximum absolute atomic E-state index is 4.25. The van der Waals surface area contributed by atoms with E-state index < -0.39 is 0 Å². The Balaban J connectivity index is 1.79. The Kier molecular flexibility index (Phi) is 3.50. The summed E-state index contributed by atoms with van der Waals surface area (Å²) >= 11 is 1.75. The van der Waals surface area contributed by atoms with Crippen molar-refractivity contribution in [3.05, 3.63) is 16.1 Å². The van der Waals surface area contributed by atoms with Gasteiger partial charge >= 0.3 is 0 Å². The highest BCUT2D eigenvalue weighted by molar-refractivity contribution is 7.09. The molecule has 1 aliphatic heterocycles. The van der Waals surface area contributed by atoms with Crippen molar-refractivity contribution >= 4 is 11.3 Å². The Morgan fingerprint density at radius 2 is 2.36 bits per heavy atom. The van der Waals surface area contributed by atoms with Gasteiger partial charge in [0.25, 0.3) is 0 Å². The van der Waals surface area contributed by atoms with Crippen molar-refractivity contribution in [3.8, 4) is 0 Å². The molecule has 0 radical (unpaired) electrons. The van der Waals surface area contributed by atoms with E-state index in [1.165, 1.54) is 23.4 Å². The highest BCUT2D eigenvalue weighted by atomic mass is 32.1. The first-order chi connectivity index (χ1) is 6.86. The Morgan fingerprint density at radius 3 is 3.00 bits per heavy atom. The molecule has 1 saturated heterocycles. The summed E-state index contributed by atoms with van der Waals surface area (Å²) in [4.78, 5) is 5.62. The zero-order chi connectivity index (χ0) is 9.80. The van der Waals surface area contributed by atoms with Gasteiger partial charge in [0.05, 0.1) is 11.2 Å². The highest BCUT2D eigenvalue weighted by Gasteiger charge is 2.12. The number of aryl methyl sites for hydroxylation is 1. The molecule has 0 amide bonds.